The van der Waals surface area contributed by atoms with Crippen LogP contribution in [0, 0.1) is 43.4 Å². The molecule has 0 aliphatic carbocycles. The molecular weight excluding hydrogens is 430 g/mol. The molecule has 7 heteroatoms. The Morgan fingerprint density at radius 2 is 1.73 bits per heavy atom. The molecule has 1 atom stereocenters. The maximum atomic E-state index is 13.0. The number of rotatable bonds is 6. The summed E-state index contributed by atoms with van der Waals surface area (Å²) in [6.45, 7) is 7.87. The number of amides is 1. The average Bonchev–Trinajstić information content (AvgIpc) is 2.80. The Morgan fingerprint density at radius 3 is 2.30 bits per heavy atom. The molecule has 0 bridgehead atoms. The number of aromatic nitrogens is 1. The predicted octanol–water partition coefficient (Wildman–Crippen LogP) is 5.51. The van der Waals surface area contributed by atoms with Crippen LogP contribution in [0.1, 0.15) is 41.2 Å². The molecule has 0 radical (unpaired) electrons. The molecule has 1 amide bonds. The minimum Gasteiger partial charge on any atom is -0.383 e. The summed E-state index contributed by atoms with van der Waals surface area (Å²) >= 11 is 1.18. The maximum Gasteiger partial charge on any atom is 0.237 e. The van der Waals surface area contributed by atoms with Gasteiger partial charge in [0.2, 0.25) is 5.91 Å². The van der Waals surface area contributed by atoms with Gasteiger partial charge in [0.1, 0.15) is 28.5 Å². The van der Waals surface area contributed by atoms with Crippen LogP contribution in [0.25, 0.3) is 11.1 Å². The lowest BCUT2D eigenvalue weighted by atomic mass is 9.96. The van der Waals surface area contributed by atoms with Crippen LogP contribution in [0.5, 0.6) is 0 Å². The summed E-state index contributed by atoms with van der Waals surface area (Å²) < 4.78 is 0. The number of hydrogen-bond donors (Lipinski definition) is 2. The number of nitrogens with two attached hydrogens (primary N) is 1. The molecule has 3 aromatic rings. The van der Waals surface area contributed by atoms with Crippen molar-refractivity contribution in [2.75, 3.05) is 11.1 Å². The van der Waals surface area contributed by atoms with Gasteiger partial charge in [-0.15, -0.1) is 0 Å². The summed E-state index contributed by atoms with van der Waals surface area (Å²) in [5.74, 6) is -0.143. The molecule has 6 nitrogen and oxygen atoms in total. The highest BCUT2D eigenvalue weighted by atomic mass is 32.2. The van der Waals surface area contributed by atoms with E-state index in [-0.39, 0.29) is 22.9 Å². The second kappa shape index (κ2) is 10.2. The Bertz CT molecular complexity index is 1290. The minimum atomic E-state index is -0.496. The maximum absolute atomic E-state index is 13.0. The number of hydrogen-bond acceptors (Lipinski definition) is 6. The van der Waals surface area contributed by atoms with E-state index in [4.69, 9.17) is 5.73 Å². The molecule has 1 unspecified atom stereocenters. The number of carbonyl (C=O) groups excluding carboxylic acids is 1. The third kappa shape index (κ3) is 5.16. The van der Waals surface area contributed by atoms with E-state index in [1.807, 2.05) is 70.2 Å². The highest BCUT2D eigenvalue weighted by Crippen LogP contribution is 2.37. The van der Waals surface area contributed by atoms with Crippen molar-refractivity contribution >= 4 is 29.2 Å². The van der Waals surface area contributed by atoms with E-state index in [0.717, 1.165) is 22.4 Å². The lowest BCUT2D eigenvalue weighted by Gasteiger charge is -2.18. The van der Waals surface area contributed by atoms with E-state index in [0.29, 0.717) is 22.6 Å². The van der Waals surface area contributed by atoms with Gasteiger partial charge in [0, 0.05) is 11.3 Å². The van der Waals surface area contributed by atoms with Gasteiger partial charge in [-0.25, -0.2) is 4.98 Å². The van der Waals surface area contributed by atoms with Gasteiger partial charge in [-0.2, -0.15) is 10.5 Å². The third-order valence-electron chi connectivity index (χ3n) is 5.45. The number of thioether (sulfide) groups is 1. The summed E-state index contributed by atoms with van der Waals surface area (Å²) in [5, 5.41) is 22.5. The number of benzene rings is 2. The number of aryl methyl sites for hydroxylation is 3. The molecule has 33 heavy (non-hydrogen) atoms. The van der Waals surface area contributed by atoms with E-state index < -0.39 is 5.25 Å². The number of pyridine rings is 1. The lowest BCUT2D eigenvalue weighted by molar-refractivity contribution is -0.115. The Morgan fingerprint density at radius 1 is 1.06 bits per heavy atom. The molecule has 0 saturated carbocycles. The molecule has 1 aromatic heterocycles. The fraction of sp³-hybridized carbons (Fsp3) is 0.231. The monoisotopic (exact) mass is 455 g/mol. The first-order valence-electron chi connectivity index (χ1n) is 10.5. The van der Waals surface area contributed by atoms with Crippen LogP contribution in [-0.4, -0.2) is 16.1 Å². The fourth-order valence-electron chi connectivity index (χ4n) is 3.39. The first-order valence-corrected chi connectivity index (χ1v) is 11.4. The summed E-state index contributed by atoms with van der Waals surface area (Å²) in [5.41, 5.74) is 11.7. The summed E-state index contributed by atoms with van der Waals surface area (Å²) in [6, 6.07) is 17.6. The van der Waals surface area contributed by atoms with E-state index in [1.165, 1.54) is 11.8 Å². The van der Waals surface area contributed by atoms with Crippen molar-refractivity contribution in [1.82, 2.24) is 4.98 Å². The standard InChI is InChI=1S/C26H25N5OS/c1-5-22(25(32)30-19-11-8-16(3)17(4)12-19)33-26-21(14-28)23(20(13-27)24(29)31-26)18-9-6-15(2)7-10-18/h6-12,22H,5H2,1-4H3,(H2,29,31)(H,30,32). The number of carbonyl (C=O) groups is 1. The lowest BCUT2D eigenvalue weighted by Crippen LogP contribution is -2.25. The second-order valence-corrected chi connectivity index (χ2v) is 9.01. The van der Waals surface area contributed by atoms with E-state index in [1.54, 1.807) is 0 Å². The summed E-state index contributed by atoms with van der Waals surface area (Å²) in [7, 11) is 0. The molecule has 1 heterocycles. The smallest absolute Gasteiger partial charge is 0.237 e. The molecule has 3 N–H and O–H groups in total. The molecule has 0 aliphatic rings. The van der Waals surface area contributed by atoms with E-state index in [9.17, 15) is 15.3 Å². The fourth-order valence-corrected chi connectivity index (χ4v) is 4.41. The Labute approximate surface area is 198 Å². The van der Waals surface area contributed by atoms with Crippen LogP contribution in [0.4, 0.5) is 11.5 Å². The topological polar surface area (TPSA) is 116 Å². The number of anilines is 2. The van der Waals surface area contributed by atoms with Crippen LogP contribution in [0.2, 0.25) is 0 Å². The van der Waals surface area contributed by atoms with Gasteiger partial charge in [0.25, 0.3) is 0 Å². The highest BCUT2D eigenvalue weighted by Gasteiger charge is 2.25. The van der Waals surface area contributed by atoms with Gasteiger partial charge in [-0.05, 0) is 56.0 Å². The zero-order chi connectivity index (χ0) is 24.1. The van der Waals surface area contributed by atoms with Crippen molar-refractivity contribution in [2.24, 2.45) is 0 Å². The number of nitriles is 2. The molecule has 2 aromatic carbocycles. The zero-order valence-corrected chi connectivity index (χ0v) is 19.9. The Balaban J connectivity index is 2.00. The van der Waals surface area contributed by atoms with Gasteiger partial charge in [-0.3, -0.25) is 4.79 Å². The Hall–Kier alpha value is -3.81. The van der Waals surface area contributed by atoms with Crippen LogP contribution in [0.3, 0.4) is 0 Å². The second-order valence-electron chi connectivity index (χ2n) is 7.82. The zero-order valence-electron chi connectivity index (χ0n) is 19.1. The third-order valence-corrected chi connectivity index (χ3v) is 6.80. The Kier molecular flexibility index (Phi) is 7.37. The van der Waals surface area contributed by atoms with Crippen molar-refractivity contribution < 1.29 is 4.79 Å². The van der Waals surface area contributed by atoms with Gasteiger partial charge < -0.3 is 11.1 Å². The number of nitrogens with one attached hydrogen (secondary N) is 1. The van der Waals surface area contributed by atoms with Crippen LogP contribution >= 0.6 is 11.8 Å². The van der Waals surface area contributed by atoms with Crippen LogP contribution < -0.4 is 11.1 Å². The first-order chi connectivity index (χ1) is 15.8. The van der Waals surface area contributed by atoms with Crippen molar-refractivity contribution in [2.45, 2.75) is 44.4 Å². The van der Waals surface area contributed by atoms with Crippen LogP contribution in [-0.2, 0) is 4.79 Å². The average molecular weight is 456 g/mol. The summed E-state index contributed by atoms with van der Waals surface area (Å²) in [4.78, 5) is 17.4. The summed E-state index contributed by atoms with van der Waals surface area (Å²) in [6.07, 6.45) is 0.521. The molecule has 0 spiro atoms. The predicted molar refractivity (Wildman–Crippen MR) is 133 cm³/mol. The van der Waals surface area contributed by atoms with Crippen LogP contribution in [0.15, 0.2) is 47.5 Å². The van der Waals surface area contributed by atoms with Crippen molar-refractivity contribution in [3.63, 3.8) is 0 Å². The highest BCUT2D eigenvalue weighted by molar-refractivity contribution is 8.00. The van der Waals surface area contributed by atoms with Gasteiger partial charge in [0.05, 0.1) is 10.8 Å². The molecule has 0 fully saturated rings. The van der Waals surface area contributed by atoms with Crippen molar-refractivity contribution in [3.8, 4) is 23.3 Å². The quantitative estimate of drug-likeness (QED) is 0.474. The van der Waals surface area contributed by atoms with E-state index >= 15 is 0 Å². The van der Waals surface area contributed by atoms with Gasteiger partial charge in [0.15, 0.2) is 0 Å². The van der Waals surface area contributed by atoms with Crippen molar-refractivity contribution in [1.29, 1.82) is 10.5 Å². The largest absolute Gasteiger partial charge is 0.383 e. The normalized spacial score (nSPS) is 11.3. The number of nitrogens with zero attached hydrogens (tertiary/aromatic N) is 3. The molecule has 3 rings (SSSR count). The number of nitrogen functional groups attached to an aromatic ring is 1. The molecule has 0 aliphatic heterocycles. The van der Waals surface area contributed by atoms with Gasteiger partial charge >= 0.3 is 0 Å². The first kappa shape index (κ1) is 23.8. The van der Waals surface area contributed by atoms with E-state index in [2.05, 4.69) is 22.4 Å². The molecule has 166 valence electrons. The van der Waals surface area contributed by atoms with Gasteiger partial charge in [-0.1, -0.05) is 54.6 Å². The minimum absolute atomic E-state index is 0.0407. The van der Waals surface area contributed by atoms with Crippen molar-refractivity contribution in [3.05, 3.63) is 70.3 Å². The molecule has 0 saturated heterocycles. The molecular formula is C26H25N5OS. The SMILES string of the molecule is CCC(Sc1nc(N)c(C#N)c(-c2ccc(C)cc2)c1C#N)C(=O)Nc1ccc(C)c(C)c1.